The second-order valence-corrected chi connectivity index (χ2v) is 4.47. The fourth-order valence-corrected chi connectivity index (χ4v) is 1.12. The van der Waals surface area contributed by atoms with Crippen molar-refractivity contribution < 1.29 is 18.0 Å². The number of carbonyl (C=O) groups is 1. The minimum atomic E-state index is -4.46. The summed E-state index contributed by atoms with van der Waals surface area (Å²) >= 11 is 0. The molecule has 0 aromatic carbocycles. The highest BCUT2D eigenvalue weighted by atomic mass is 35.5. The molecule has 4 nitrogen and oxygen atoms in total. The molecule has 0 atom stereocenters. The van der Waals surface area contributed by atoms with Gasteiger partial charge in [0.05, 0.1) is 5.56 Å². The van der Waals surface area contributed by atoms with Gasteiger partial charge in [-0.05, 0) is 26.0 Å². The Bertz CT molecular complexity index is 436. The van der Waals surface area contributed by atoms with E-state index in [0.29, 0.717) is 6.20 Å². The summed E-state index contributed by atoms with van der Waals surface area (Å²) < 4.78 is 36.9. The molecule has 1 aromatic rings. The summed E-state index contributed by atoms with van der Waals surface area (Å²) in [4.78, 5) is 15.2. The summed E-state index contributed by atoms with van der Waals surface area (Å²) in [6.07, 6.45) is -3.83. The zero-order valence-electron chi connectivity index (χ0n) is 10.8. The molecule has 116 valence electrons. The molecule has 0 aliphatic carbocycles. The molecule has 0 unspecified atom stereocenters. The van der Waals surface area contributed by atoms with Gasteiger partial charge in [0.25, 0.3) is 5.91 Å². The van der Waals surface area contributed by atoms with Crippen molar-refractivity contribution in [2.75, 3.05) is 6.54 Å². The fourth-order valence-electron chi connectivity index (χ4n) is 1.12. The largest absolute Gasteiger partial charge is 0.417 e. The van der Waals surface area contributed by atoms with Crippen LogP contribution in [0.5, 0.6) is 0 Å². The predicted molar refractivity (Wildman–Crippen MR) is 74.3 cm³/mol. The highest BCUT2D eigenvalue weighted by Crippen LogP contribution is 2.28. The zero-order chi connectivity index (χ0) is 14.0. The van der Waals surface area contributed by atoms with Crippen LogP contribution in [-0.2, 0) is 6.18 Å². The minimum absolute atomic E-state index is 0. The number of nitrogens with one attached hydrogen (secondary N) is 1. The third-order valence-electron chi connectivity index (χ3n) is 2.29. The van der Waals surface area contributed by atoms with E-state index in [-0.39, 0.29) is 37.1 Å². The predicted octanol–water partition coefficient (Wildman–Crippen LogP) is 2.41. The summed E-state index contributed by atoms with van der Waals surface area (Å²) in [7, 11) is 0. The molecule has 1 rings (SSSR count). The molecule has 0 aliphatic heterocycles. The smallest absolute Gasteiger partial charge is 0.345 e. The summed E-state index contributed by atoms with van der Waals surface area (Å²) in [6, 6.07) is 1.85. The molecule has 0 saturated heterocycles. The number of nitrogens with zero attached hydrogens (tertiary/aromatic N) is 1. The summed E-state index contributed by atoms with van der Waals surface area (Å²) in [6.45, 7) is 3.61. The number of hydrogen-bond acceptors (Lipinski definition) is 3. The van der Waals surface area contributed by atoms with Crippen LogP contribution in [0.15, 0.2) is 18.3 Å². The third-order valence-corrected chi connectivity index (χ3v) is 2.29. The molecule has 3 N–H and O–H groups in total. The molecule has 20 heavy (non-hydrogen) atoms. The van der Waals surface area contributed by atoms with Gasteiger partial charge in [-0.2, -0.15) is 13.2 Å². The van der Waals surface area contributed by atoms with E-state index in [1.165, 1.54) is 0 Å². The molecule has 9 heteroatoms. The van der Waals surface area contributed by atoms with Crippen LogP contribution in [0.25, 0.3) is 0 Å². The fraction of sp³-hybridized carbons (Fsp3) is 0.455. The summed E-state index contributed by atoms with van der Waals surface area (Å²) in [5.41, 5.74) is 3.82. The van der Waals surface area contributed by atoms with Crippen molar-refractivity contribution in [2.24, 2.45) is 5.73 Å². The summed E-state index contributed by atoms with van der Waals surface area (Å²) in [5.74, 6) is -0.556. The Hall–Kier alpha value is -1.05. The van der Waals surface area contributed by atoms with E-state index in [0.717, 1.165) is 12.1 Å². The van der Waals surface area contributed by atoms with Gasteiger partial charge in [0, 0.05) is 18.3 Å². The van der Waals surface area contributed by atoms with E-state index in [2.05, 4.69) is 10.3 Å². The SMILES string of the molecule is CC(C)(CN)NC(=O)c1ccc(C(F)(F)F)cn1.Cl.Cl. The second kappa shape index (κ2) is 7.66. The Morgan fingerprint density at radius 2 is 1.85 bits per heavy atom. The molecule has 0 spiro atoms. The lowest BCUT2D eigenvalue weighted by Gasteiger charge is -2.23. The Balaban J connectivity index is 0. The van der Waals surface area contributed by atoms with Crippen molar-refractivity contribution in [3.63, 3.8) is 0 Å². The molecular weight excluding hydrogens is 318 g/mol. The molecule has 0 radical (unpaired) electrons. The lowest BCUT2D eigenvalue weighted by molar-refractivity contribution is -0.137. The normalized spacial score (nSPS) is 11.1. The number of alkyl halides is 3. The molecular formula is C11H16Cl2F3N3O. The van der Waals surface area contributed by atoms with E-state index in [4.69, 9.17) is 5.73 Å². The highest BCUT2D eigenvalue weighted by Gasteiger charge is 2.31. The average Bonchev–Trinajstić information content (AvgIpc) is 2.27. The first-order valence-electron chi connectivity index (χ1n) is 5.21. The number of carbonyl (C=O) groups excluding carboxylic acids is 1. The average molecular weight is 334 g/mol. The van der Waals surface area contributed by atoms with Crippen molar-refractivity contribution in [2.45, 2.75) is 25.6 Å². The number of nitrogens with two attached hydrogens (primary N) is 1. The van der Waals surface area contributed by atoms with Crippen LogP contribution in [0.3, 0.4) is 0 Å². The Kier molecular flexibility index (Phi) is 8.14. The standard InChI is InChI=1S/C11H14F3N3O.2ClH/c1-10(2,6-15)17-9(18)8-4-3-7(5-16-8)11(12,13)14;;/h3-5H,6,15H2,1-2H3,(H,17,18);2*1H. The van der Waals surface area contributed by atoms with Gasteiger partial charge in [-0.15, -0.1) is 24.8 Å². The lowest BCUT2D eigenvalue weighted by atomic mass is 10.1. The third kappa shape index (κ3) is 5.94. The van der Waals surface area contributed by atoms with Gasteiger partial charge in [0.15, 0.2) is 0 Å². The van der Waals surface area contributed by atoms with E-state index < -0.39 is 23.2 Å². The van der Waals surface area contributed by atoms with E-state index in [1.54, 1.807) is 13.8 Å². The molecule has 1 amide bonds. The van der Waals surface area contributed by atoms with Crippen LogP contribution in [0.1, 0.15) is 29.9 Å². The van der Waals surface area contributed by atoms with E-state index >= 15 is 0 Å². The number of amides is 1. The van der Waals surface area contributed by atoms with Crippen LogP contribution >= 0.6 is 24.8 Å². The topological polar surface area (TPSA) is 68.0 Å². The molecule has 0 fully saturated rings. The number of hydrogen-bond donors (Lipinski definition) is 2. The molecule has 0 saturated carbocycles. The molecule has 1 aromatic heterocycles. The van der Waals surface area contributed by atoms with Gasteiger partial charge in [-0.1, -0.05) is 0 Å². The quantitative estimate of drug-likeness (QED) is 0.892. The van der Waals surface area contributed by atoms with E-state index in [9.17, 15) is 18.0 Å². The van der Waals surface area contributed by atoms with Crippen molar-refractivity contribution >= 4 is 30.7 Å². The van der Waals surface area contributed by atoms with Crippen LogP contribution in [0.4, 0.5) is 13.2 Å². The molecule has 0 aliphatic rings. The first-order chi connectivity index (χ1) is 8.15. The second-order valence-electron chi connectivity index (χ2n) is 4.47. The van der Waals surface area contributed by atoms with Gasteiger partial charge < -0.3 is 11.1 Å². The maximum Gasteiger partial charge on any atom is 0.417 e. The number of halogens is 5. The minimum Gasteiger partial charge on any atom is -0.345 e. The van der Waals surface area contributed by atoms with Gasteiger partial charge in [-0.25, -0.2) is 0 Å². The maximum atomic E-state index is 12.3. The van der Waals surface area contributed by atoms with Crippen LogP contribution in [0.2, 0.25) is 0 Å². The first-order valence-corrected chi connectivity index (χ1v) is 5.21. The van der Waals surface area contributed by atoms with Gasteiger partial charge >= 0.3 is 6.18 Å². The van der Waals surface area contributed by atoms with Gasteiger partial charge in [-0.3, -0.25) is 9.78 Å². The zero-order valence-corrected chi connectivity index (χ0v) is 12.5. The Labute approximate surface area is 127 Å². The number of rotatable bonds is 3. The molecule has 0 bridgehead atoms. The van der Waals surface area contributed by atoms with Gasteiger partial charge in [0.1, 0.15) is 5.69 Å². The molecule has 1 heterocycles. The summed E-state index contributed by atoms with van der Waals surface area (Å²) in [5, 5.41) is 2.57. The van der Waals surface area contributed by atoms with Crippen molar-refractivity contribution in [1.29, 1.82) is 0 Å². The van der Waals surface area contributed by atoms with Crippen molar-refractivity contribution in [3.8, 4) is 0 Å². The van der Waals surface area contributed by atoms with Crippen LogP contribution in [-0.4, -0.2) is 23.0 Å². The first kappa shape index (κ1) is 21.3. The van der Waals surface area contributed by atoms with Crippen LogP contribution < -0.4 is 11.1 Å². The number of pyridine rings is 1. The van der Waals surface area contributed by atoms with Gasteiger partial charge in [0.2, 0.25) is 0 Å². The van der Waals surface area contributed by atoms with E-state index in [1.807, 2.05) is 0 Å². The monoisotopic (exact) mass is 333 g/mol. The highest BCUT2D eigenvalue weighted by molar-refractivity contribution is 5.92. The Morgan fingerprint density at radius 3 is 2.20 bits per heavy atom. The Morgan fingerprint density at radius 1 is 1.30 bits per heavy atom. The number of aromatic nitrogens is 1. The lowest BCUT2D eigenvalue weighted by Crippen LogP contribution is -2.49. The maximum absolute atomic E-state index is 12.3. The van der Waals surface area contributed by atoms with Crippen LogP contribution in [0, 0.1) is 0 Å². The van der Waals surface area contributed by atoms with Crippen molar-refractivity contribution in [1.82, 2.24) is 10.3 Å². The van der Waals surface area contributed by atoms with Crippen molar-refractivity contribution in [3.05, 3.63) is 29.6 Å².